The maximum atomic E-state index is 12.6. The van der Waals surface area contributed by atoms with Crippen molar-refractivity contribution in [2.45, 2.75) is 32.2 Å². The average Bonchev–Trinajstić information content (AvgIpc) is 3.34. The Bertz CT molecular complexity index is 860. The third-order valence-electron chi connectivity index (χ3n) is 5.07. The molecular formula is C18H26N6O2S2. The van der Waals surface area contributed by atoms with Crippen LogP contribution < -0.4 is 11.1 Å². The molecule has 10 heteroatoms. The molecule has 0 aromatic carbocycles. The number of H-pyrrole nitrogens is 1. The third kappa shape index (κ3) is 4.86. The topological polar surface area (TPSA) is 109 Å². The number of aromatic amines is 1. The fourth-order valence-corrected chi connectivity index (χ4v) is 4.51. The molecule has 28 heavy (non-hydrogen) atoms. The molecule has 2 aromatic heterocycles. The van der Waals surface area contributed by atoms with Gasteiger partial charge in [0.2, 0.25) is 11.8 Å². The molecule has 152 valence electrons. The second-order valence-corrected chi connectivity index (χ2v) is 8.40. The number of thiophene rings is 1. The van der Waals surface area contributed by atoms with Gasteiger partial charge in [0, 0.05) is 13.1 Å². The summed E-state index contributed by atoms with van der Waals surface area (Å²) >= 11 is 6.87. The lowest BCUT2D eigenvalue weighted by atomic mass is 9.97. The van der Waals surface area contributed by atoms with Crippen LogP contribution in [0.15, 0.2) is 17.5 Å². The van der Waals surface area contributed by atoms with Crippen molar-refractivity contribution in [1.29, 1.82) is 0 Å². The Morgan fingerprint density at radius 1 is 1.54 bits per heavy atom. The lowest BCUT2D eigenvalue weighted by Crippen LogP contribution is -2.42. The lowest BCUT2D eigenvalue weighted by molar-refractivity contribution is -0.124. The van der Waals surface area contributed by atoms with Crippen molar-refractivity contribution < 1.29 is 9.59 Å². The molecule has 2 aromatic rings. The largest absolute Gasteiger partial charge is 0.369 e. The number of nitrogens with two attached hydrogens (primary N) is 1. The Morgan fingerprint density at radius 2 is 2.36 bits per heavy atom. The summed E-state index contributed by atoms with van der Waals surface area (Å²) in [6.45, 7) is 4.92. The number of aromatic nitrogens is 3. The van der Waals surface area contributed by atoms with Crippen molar-refractivity contribution in [3.63, 3.8) is 0 Å². The van der Waals surface area contributed by atoms with Gasteiger partial charge in [-0.1, -0.05) is 6.07 Å². The highest BCUT2D eigenvalue weighted by Crippen LogP contribution is 2.25. The molecule has 2 amide bonds. The Hall–Kier alpha value is -2.04. The van der Waals surface area contributed by atoms with Crippen LogP contribution in [0.3, 0.4) is 0 Å². The van der Waals surface area contributed by atoms with Crippen molar-refractivity contribution in [3.05, 3.63) is 22.3 Å². The van der Waals surface area contributed by atoms with Crippen LogP contribution in [0.25, 0.3) is 10.7 Å². The summed E-state index contributed by atoms with van der Waals surface area (Å²) in [5.41, 5.74) is 5.42. The molecule has 0 spiro atoms. The van der Waals surface area contributed by atoms with E-state index in [0.717, 1.165) is 37.2 Å². The fraction of sp³-hybridized carbons (Fsp3) is 0.556. The molecule has 0 radical (unpaired) electrons. The molecule has 1 aliphatic heterocycles. The monoisotopic (exact) mass is 422 g/mol. The van der Waals surface area contributed by atoms with E-state index >= 15 is 0 Å². The van der Waals surface area contributed by atoms with E-state index in [9.17, 15) is 9.59 Å². The Kier molecular flexibility index (Phi) is 6.97. The first kappa shape index (κ1) is 20.7. The molecule has 3 heterocycles. The zero-order valence-corrected chi connectivity index (χ0v) is 17.5. The average molecular weight is 423 g/mol. The number of carbonyl (C=O) groups is 2. The predicted octanol–water partition coefficient (Wildman–Crippen LogP) is 1.93. The van der Waals surface area contributed by atoms with E-state index in [2.05, 4.69) is 20.4 Å². The molecule has 4 N–H and O–H groups in total. The highest BCUT2D eigenvalue weighted by molar-refractivity contribution is 7.71. The zero-order chi connectivity index (χ0) is 20.1. The number of nitrogens with one attached hydrogen (secondary N) is 2. The van der Waals surface area contributed by atoms with E-state index in [0.29, 0.717) is 23.7 Å². The van der Waals surface area contributed by atoms with Gasteiger partial charge < -0.3 is 16.0 Å². The van der Waals surface area contributed by atoms with E-state index in [1.165, 1.54) is 0 Å². The van der Waals surface area contributed by atoms with Gasteiger partial charge in [-0.15, -0.1) is 11.3 Å². The zero-order valence-electron chi connectivity index (χ0n) is 15.9. The van der Waals surface area contributed by atoms with Gasteiger partial charge in [0.25, 0.3) is 0 Å². The van der Waals surface area contributed by atoms with E-state index in [4.69, 9.17) is 18.0 Å². The van der Waals surface area contributed by atoms with Gasteiger partial charge in [0.15, 0.2) is 10.6 Å². The van der Waals surface area contributed by atoms with Crippen molar-refractivity contribution in [2.75, 3.05) is 26.2 Å². The van der Waals surface area contributed by atoms with Crippen molar-refractivity contribution in [3.8, 4) is 10.7 Å². The summed E-state index contributed by atoms with van der Waals surface area (Å²) in [4.78, 5) is 27.2. The van der Waals surface area contributed by atoms with Crippen LogP contribution in [0, 0.1) is 10.7 Å². The molecule has 2 atom stereocenters. The number of primary amides is 1. The highest BCUT2D eigenvalue weighted by Gasteiger charge is 2.24. The lowest BCUT2D eigenvalue weighted by Gasteiger charge is -2.31. The Morgan fingerprint density at radius 3 is 3.07 bits per heavy atom. The van der Waals surface area contributed by atoms with Gasteiger partial charge in [-0.2, -0.15) is 5.10 Å². The van der Waals surface area contributed by atoms with Gasteiger partial charge in [-0.3, -0.25) is 19.3 Å². The standard InChI is InChI=1S/C18H26N6O2S2/c1-12(24-16(21-22-18(24)27)14-6-3-10-28-14)17(26)20-7-4-9-23-8-2-5-13(11-23)15(19)25/h3,6,10,12-13H,2,4-5,7-9,11H2,1H3,(H2,19,25)(H,20,26)(H,22,27). The summed E-state index contributed by atoms with van der Waals surface area (Å²) in [6.07, 6.45) is 2.68. The number of amides is 2. The molecule has 0 saturated carbocycles. The summed E-state index contributed by atoms with van der Waals surface area (Å²) < 4.78 is 2.18. The van der Waals surface area contributed by atoms with Gasteiger partial charge in [-0.25, -0.2) is 0 Å². The number of hydrogen-bond acceptors (Lipinski definition) is 6. The Balaban J connectivity index is 1.50. The number of nitrogens with zero attached hydrogens (tertiary/aromatic N) is 3. The number of rotatable bonds is 8. The first-order chi connectivity index (χ1) is 13.5. The maximum absolute atomic E-state index is 12.6. The molecule has 8 nitrogen and oxygen atoms in total. The van der Waals surface area contributed by atoms with Crippen molar-refractivity contribution >= 4 is 35.4 Å². The number of hydrogen-bond donors (Lipinski definition) is 3. The summed E-state index contributed by atoms with van der Waals surface area (Å²) in [6, 6.07) is 3.43. The molecule has 3 rings (SSSR count). The van der Waals surface area contributed by atoms with Crippen LogP contribution in [0.2, 0.25) is 0 Å². The van der Waals surface area contributed by atoms with Crippen LogP contribution in [0.5, 0.6) is 0 Å². The SMILES string of the molecule is CC(C(=O)NCCCN1CCCC(C(N)=O)C1)n1c(-c2cccs2)n[nH]c1=S. The van der Waals surface area contributed by atoms with E-state index < -0.39 is 6.04 Å². The minimum Gasteiger partial charge on any atom is -0.369 e. The van der Waals surface area contributed by atoms with Crippen LogP contribution >= 0.6 is 23.6 Å². The van der Waals surface area contributed by atoms with Gasteiger partial charge in [0.1, 0.15) is 6.04 Å². The highest BCUT2D eigenvalue weighted by atomic mass is 32.1. The minimum atomic E-state index is -0.461. The van der Waals surface area contributed by atoms with Crippen LogP contribution in [-0.4, -0.2) is 57.7 Å². The molecule has 1 aliphatic rings. The second-order valence-electron chi connectivity index (χ2n) is 7.06. The Labute approximate surface area is 173 Å². The number of carbonyl (C=O) groups excluding carboxylic acids is 2. The van der Waals surface area contributed by atoms with Gasteiger partial charge in [0.05, 0.1) is 10.8 Å². The fourth-order valence-electron chi connectivity index (χ4n) is 3.51. The maximum Gasteiger partial charge on any atom is 0.242 e. The summed E-state index contributed by atoms with van der Waals surface area (Å²) in [7, 11) is 0. The summed E-state index contributed by atoms with van der Waals surface area (Å²) in [5, 5.41) is 12.0. The predicted molar refractivity (Wildman–Crippen MR) is 111 cm³/mol. The first-order valence-corrected chi connectivity index (χ1v) is 10.8. The number of likely N-dealkylation sites (tertiary alicyclic amines) is 1. The van der Waals surface area contributed by atoms with Crippen LogP contribution in [0.1, 0.15) is 32.2 Å². The molecule has 0 aliphatic carbocycles. The van der Waals surface area contributed by atoms with Gasteiger partial charge >= 0.3 is 0 Å². The van der Waals surface area contributed by atoms with Crippen LogP contribution in [-0.2, 0) is 9.59 Å². The van der Waals surface area contributed by atoms with E-state index in [1.807, 2.05) is 24.4 Å². The van der Waals surface area contributed by atoms with Crippen molar-refractivity contribution in [1.82, 2.24) is 25.0 Å². The van der Waals surface area contributed by atoms with E-state index in [-0.39, 0.29) is 17.7 Å². The van der Waals surface area contributed by atoms with Crippen LogP contribution in [0.4, 0.5) is 0 Å². The van der Waals surface area contributed by atoms with Gasteiger partial charge in [-0.05, 0) is 62.9 Å². The molecular weight excluding hydrogens is 396 g/mol. The van der Waals surface area contributed by atoms with Crippen molar-refractivity contribution in [2.24, 2.45) is 11.7 Å². The summed E-state index contributed by atoms with van der Waals surface area (Å²) in [5.74, 6) is 0.310. The molecule has 1 saturated heterocycles. The molecule has 1 fully saturated rings. The first-order valence-electron chi connectivity index (χ1n) is 9.47. The molecule has 0 bridgehead atoms. The molecule has 2 unspecified atom stereocenters. The quantitative estimate of drug-likeness (QED) is 0.445. The van der Waals surface area contributed by atoms with E-state index in [1.54, 1.807) is 15.9 Å². The minimum absolute atomic E-state index is 0.0537. The third-order valence-corrected chi connectivity index (χ3v) is 6.22. The normalized spacial score (nSPS) is 18.7. The second kappa shape index (κ2) is 9.44. The number of piperidine rings is 1. The smallest absolute Gasteiger partial charge is 0.242 e.